The molecule has 2 rings (SSSR count). The number of amides is 1. The van der Waals surface area contributed by atoms with Crippen LogP contribution in [0.3, 0.4) is 0 Å². The molecule has 19 heavy (non-hydrogen) atoms. The zero-order chi connectivity index (χ0) is 13.0. The molecule has 0 aromatic carbocycles. The molecule has 0 bridgehead atoms. The van der Waals surface area contributed by atoms with Gasteiger partial charge in [-0.1, -0.05) is 0 Å². The van der Waals surface area contributed by atoms with Crippen molar-refractivity contribution in [3.05, 3.63) is 28.7 Å². The van der Waals surface area contributed by atoms with Crippen molar-refractivity contribution < 1.29 is 4.79 Å². The third-order valence-electron chi connectivity index (χ3n) is 3.34. The zero-order valence-corrected chi connectivity index (χ0v) is 11.8. The van der Waals surface area contributed by atoms with Crippen LogP contribution in [-0.2, 0) is 11.8 Å². The van der Waals surface area contributed by atoms with Gasteiger partial charge in [-0.05, 0) is 44.0 Å². The molecule has 5 nitrogen and oxygen atoms in total. The van der Waals surface area contributed by atoms with Gasteiger partial charge >= 0.3 is 0 Å². The second kappa shape index (κ2) is 7.31. The monoisotopic (exact) mass is 285 g/mol. The van der Waals surface area contributed by atoms with Crippen molar-refractivity contribution in [2.75, 3.05) is 18.4 Å². The third-order valence-corrected chi connectivity index (χ3v) is 3.34. The van der Waals surface area contributed by atoms with Crippen LogP contribution in [-0.4, -0.2) is 23.6 Å². The Morgan fingerprint density at radius 3 is 3.05 bits per heavy atom. The fraction of sp³-hybridized carbons (Fsp3) is 0.538. The zero-order valence-electron chi connectivity index (χ0n) is 11.0. The van der Waals surface area contributed by atoms with Crippen molar-refractivity contribution in [1.29, 1.82) is 0 Å². The highest BCUT2D eigenvalue weighted by Gasteiger charge is 2.16. The minimum atomic E-state index is -0.173. The molecule has 1 aliphatic rings. The van der Waals surface area contributed by atoms with E-state index in [1.165, 1.54) is 4.57 Å². The number of aromatic nitrogens is 1. The van der Waals surface area contributed by atoms with Crippen LogP contribution in [0.15, 0.2) is 23.1 Å². The molecule has 0 saturated carbocycles. The fourth-order valence-electron chi connectivity index (χ4n) is 2.20. The van der Waals surface area contributed by atoms with Gasteiger partial charge in [-0.3, -0.25) is 9.59 Å². The van der Waals surface area contributed by atoms with Crippen molar-refractivity contribution in [1.82, 2.24) is 9.88 Å². The Labute approximate surface area is 118 Å². The molecule has 1 aliphatic heterocycles. The van der Waals surface area contributed by atoms with E-state index in [9.17, 15) is 9.59 Å². The Kier molecular flexibility index (Phi) is 6.05. The normalized spacial score (nSPS) is 17.8. The largest absolute Gasteiger partial charge is 0.321 e. The molecule has 2 heterocycles. The van der Waals surface area contributed by atoms with E-state index in [0.717, 1.165) is 25.9 Å². The number of hydrogen-bond donors (Lipinski definition) is 2. The van der Waals surface area contributed by atoms with Crippen LogP contribution < -0.4 is 16.2 Å². The number of nitrogens with one attached hydrogen (secondary N) is 2. The summed E-state index contributed by atoms with van der Waals surface area (Å²) in [5, 5.41) is 5.96. The van der Waals surface area contributed by atoms with Gasteiger partial charge in [-0.25, -0.2) is 0 Å². The van der Waals surface area contributed by atoms with E-state index in [-0.39, 0.29) is 23.9 Å². The first kappa shape index (κ1) is 15.7. The first-order chi connectivity index (χ1) is 8.66. The van der Waals surface area contributed by atoms with E-state index in [0.29, 0.717) is 18.0 Å². The molecule has 106 valence electrons. The van der Waals surface area contributed by atoms with Gasteiger partial charge in [-0.2, -0.15) is 0 Å². The summed E-state index contributed by atoms with van der Waals surface area (Å²) in [7, 11) is 1.67. The van der Waals surface area contributed by atoms with Crippen molar-refractivity contribution >= 4 is 24.0 Å². The lowest BCUT2D eigenvalue weighted by Crippen LogP contribution is -2.24. The van der Waals surface area contributed by atoms with Gasteiger partial charge < -0.3 is 15.2 Å². The summed E-state index contributed by atoms with van der Waals surface area (Å²) < 4.78 is 1.45. The maximum absolute atomic E-state index is 11.8. The molecule has 1 atom stereocenters. The topological polar surface area (TPSA) is 63.1 Å². The predicted molar refractivity (Wildman–Crippen MR) is 77.8 cm³/mol. The maximum atomic E-state index is 11.8. The van der Waals surface area contributed by atoms with Gasteiger partial charge in [0, 0.05) is 19.7 Å². The van der Waals surface area contributed by atoms with Gasteiger partial charge in [0.25, 0.3) is 5.56 Å². The predicted octanol–water partition coefficient (Wildman–Crippen LogP) is 1.14. The molecule has 0 spiro atoms. The second-order valence-corrected chi connectivity index (χ2v) is 4.78. The summed E-state index contributed by atoms with van der Waals surface area (Å²) in [5.41, 5.74) is 0.183. The number of hydrogen-bond acceptors (Lipinski definition) is 3. The van der Waals surface area contributed by atoms with Gasteiger partial charge in [0.2, 0.25) is 5.91 Å². The second-order valence-electron chi connectivity index (χ2n) is 4.78. The van der Waals surface area contributed by atoms with Gasteiger partial charge in [-0.15, -0.1) is 12.4 Å². The fourth-order valence-corrected chi connectivity index (χ4v) is 2.20. The lowest BCUT2D eigenvalue weighted by atomic mass is 10.0. The first-order valence-corrected chi connectivity index (χ1v) is 6.33. The van der Waals surface area contributed by atoms with Crippen LogP contribution in [0.4, 0.5) is 5.69 Å². The smallest absolute Gasteiger partial charge is 0.274 e. The van der Waals surface area contributed by atoms with Gasteiger partial charge in [0.05, 0.1) is 0 Å². The number of rotatable bonds is 4. The molecular weight excluding hydrogens is 266 g/mol. The average Bonchev–Trinajstić information content (AvgIpc) is 2.86. The van der Waals surface area contributed by atoms with Crippen LogP contribution in [0.25, 0.3) is 0 Å². The highest BCUT2D eigenvalue weighted by Crippen LogP contribution is 2.14. The standard InChI is InChI=1S/C13H19N3O2.ClH/c1-16-8-2-3-11(13(16)18)15-12(17)5-4-10-6-7-14-9-10;/h2-3,8,10,14H,4-7,9H2,1H3,(H,15,17);1H. The van der Waals surface area contributed by atoms with Crippen LogP contribution in [0.5, 0.6) is 0 Å². The molecule has 2 N–H and O–H groups in total. The highest BCUT2D eigenvalue weighted by molar-refractivity contribution is 5.90. The Morgan fingerprint density at radius 2 is 2.37 bits per heavy atom. The van der Waals surface area contributed by atoms with E-state index < -0.39 is 0 Å². The van der Waals surface area contributed by atoms with Crippen LogP contribution in [0.1, 0.15) is 19.3 Å². The molecule has 1 unspecified atom stereocenters. The summed E-state index contributed by atoms with van der Waals surface area (Å²) in [6, 6.07) is 3.38. The lowest BCUT2D eigenvalue weighted by Gasteiger charge is -2.08. The van der Waals surface area contributed by atoms with Crippen LogP contribution in [0.2, 0.25) is 0 Å². The van der Waals surface area contributed by atoms with Crippen molar-refractivity contribution in [3.8, 4) is 0 Å². The Bertz CT molecular complexity index is 481. The Balaban J connectivity index is 0.00000180. The Hall–Kier alpha value is -1.33. The van der Waals surface area contributed by atoms with E-state index in [2.05, 4.69) is 10.6 Å². The van der Waals surface area contributed by atoms with Crippen molar-refractivity contribution in [2.24, 2.45) is 13.0 Å². The minimum absolute atomic E-state index is 0. The first-order valence-electron chi connectivity index (χ1n) is 6.33. The highest BCUT2D eigenvalue weighted by atomic mass is 35.5. The van der Waals surface area contributed by atoms with E-state index in [1.807, 2.05) is 0 Å². The Morgan fingerprint density at radius 1 is 1.58 bits per heavy atom. The summed E-state index contributed by atoms with van der Waals surface area (Å²) in [5.74, 6) is 0.513. The number of aryl methyl sites for hydroxylation is 1. The number of anilines is 1. The third kappa shape index (κ3) is 4.36. The summed E-state index contributed by atoms with van der Waals surface area (Å²) in [4.78, 5) is 23.5. The average molecular weight is 286 g/mol. The molecule has 1 saturated heterocycles. The number of carbonyl (C=O) groups is 1. The lowest BCUT2D eigenvalue weighted by molar-refractivity contribution is -0.116. The van der Waals surface area contributed by atoms with Crippen molar-refractivity contribution in [2.45, 2.75) is 19.3 Å². The maximum Gasteiger partial charge on any atom is 0.274 e. The van der Waals surface area contributed by atoms with Crippen molar-refractivity contribution in [3.63, 3.8) is 0 Å². The van der Waals surface area contributed by atoms with E-state index in [4.69, 9.17) is 0 Å². The number of pyridine rings is 1. The molecule has 0 radical (unpaired) electrons. The quantitative estimate of drug-likeness (QED) is 0.872. The van der Waals surface area contributed by atoms with Gasteiger partial charge in [0.1, 0.15) is 5.69 Å². The molecule has 0 aliphatic carbocycles. The summed E-state index contributed by atoms with van der Waals surface area (Å²) in [6.45, 7) is 2.05. The number of nitrogens with zero attached hydrogens (tertiary/aromatic N) is 1. The van der Waals surface area contributed by atoms with E-state index in [1.54, 1.807) is 25.4 Å². The summed E-state index contributed by atoms with van der Waals surface area (Å²) >= 11 is 0. The van der Waals surface area contributed by atoms with E-state index >= 15 is 0 Å². The molecule has 1 amide bonds. The molecule has 1 fully saturated rings. The van der Waals surface area contributed by atoms with Crippen LogP contribution in [0, 0.1) is 5.92 Å². The SMILES string of the molecule is Cl.Cn1cccc(NC(=O)CCC2CCNC2)c1=O. The molecule has 1 aromatic rings. The summed E-state index contributed by atoms with van der Waals surface area (Å²) in [6.07, 6.45) is 4.17. The number of carbonyl (C=O) groups excluding carboxylic acids is 1. The molecule has 1 aromatic heterocycles. The minimum Gasteiger partial charge on any atom is -0.321 e. The number of halogens is 1. The van der Waals surface area contributed by atoms with Crippen LogP contribution >= 0.6 is 12.4 Å². The van der Waals surface area contributed by atoms with Gasteiger partial charge in [0.15, 0.2) is 0 Å². The molecular formula is C13H20ClN3O2. The molecule has 6 heteroatoms.